The summed E-state index contributed by atoms with van der Waals surface area (Å²) < 4.78 is 0. The topological polar surface area (TPSA) is 41.1 Å². The summed E-state index contributed by atoms with van der Waals surface area (Å²) in [5.41, 5.74) is 2.34. The third kappa shape index (κ3) is 3.48. The summed E-state index contributed by atoms with van der Waals surface area (Å²) in [4.78, 5) is 11.7. The highest BCUT2D eigenvalue weighted by molar-refractivity contribution is 5.49. The Morgan fingerprint density at radius 1 is 1.40 bits per heavy atom. The molecule has 0 spiro atoms. The molecule has 0 bridgehead atoms. The molecule has 0 aromatic carbocycles. The third-order valence-electron chi connectivity index (χ3n) is 4.10. The van der Waals surface area contributed by atoms with Gasteiger partial charge in [-0.1, -0.05) is 20.8 Å². The molecule has 1 heterocycles. The lowest BCUT2D eigenvalue weighted by Gasteiger charge is -2.37. The van der Waals surface area contributed by atoms with E-state index in [0.717, 1.165) is 31.0 Å². The van der Waals surface area contributed by atoms with E-state index in [2.05, 4.69) is 43.0 Å². The minimum atomic E-state index is 0.378. The van der Waals surface area contributed by atoms with Crippen LogP contribution in [0.2, 0.25) is 0 Å². The maximum Gasteiger partial charge on any atom is 0.131 e. The zero-order valence-corrected chi connectivity index (χ0v) is 13.3. The Bertz CT molecular complexity index is 426. The normalized spacial score (nSPS) is 15.4. The van der Waals surface area contributed by atoms with Crippen molar-refractivity contribution in [3.63, 3.8) is 0 Å². The van der Waals surface area contributed by atoms with Crippen molar-refractivity contribution in [1.82, 2.24) is 15.3 Å². The quantitative estimate of drug-likeness (QED) is 0.777. The molecule has 0 aliphatic heterocycles. The van der Waals surface area contributed by atoms with Crippen molar-refractivity contribution < 1.29 is 0 Å². The zero-order valence-electron chi connectivity index (χ0n) is 13.3. The molecular formula is C16H28N4. The predicted octanol–water partition coefficient (Wildman–Crippen LogP) is 3.09. The van der Waals surface area contributed by atoms with E-state index in [4.69, 9.17) is 4.98 Å². The molecule has 112 valence electrons. The van der Waals surface area contributed by atoms with Crippen LogP contribution >= 0.6 is 0 Å². The van der Waals surface area contributed by atoms with Crippen LogP contribution in [0, 0.1) is 0 Å². The van der Waals surface area contributed by atoms with Gasteiger partial charge in [0, 0.05) is 25.6 Å². The van der Waals surface area contributed by atoms with Crippen LogP contribution in [-0.4, -0.2) is 29.6 Å². The number of anilines is 1. The molecule has 1 N–H and O–H groups in total. The summed E-state index contributed by atoms with van der Waals surface area (Å²) in [6, 6.07) is 0.674. The zero-order chi connectivity index (χ0) is 14.5. The van der Waals surface area contributed by atoms with E-state index >= 15 is 0 Å². The first-order chi connectivity index (χ1) is 9.63. The highest BCUT2D eigenvalue weighted by Crippen LogP contribution is 2.29. The lowest BCUT2D eigenvalue weighted by atomic mass is 9.91. The fourth-order valence-corrected chi connectivity index (χ4v) is 2.48. The van der Waals surface area contributed by atoms with E-state index in [-0.39, 0.29) is 0 Å². The summed E-state index contributed by atoms with van der Waals surface area (Å²) in [5.74, 6) is 1.33. The average Bonchev–Trinajstić information content (AvgIpc) is 2.36. The molecule has 0 amide bonds. The molecule has 4 heteroatoms. The number of rotatable bonds is 7. The molecule has 0 radical (unpaired) electrons. The Hall–Kier alpha value is -1.16. The smallest absolute Gasteiger partial charge is 0.131 e. The Kier molecular flexibility index (Phi) is 5.35. The fourth-order valence-electron chi connectivity index (χ4n) is 2.48. The first-order valence-electron chi connectivity index (χ1n) is 7.92. The van der Waals surface area contributed by atoms with Crippen molar-refractivity contribution in [2.24, 2.45) is 0 Å². The van der Waals surface area contributed by atoms with Crippen molar-refractivity contribution in [2.75, 3.05) is 18.5 Å². The van der Waals surface area contributed by atoms with Crippen molar-refractivity contribution in [3.8, 4) is 0 Å². The molecule has 0 saturated heterocycles. The summed E-state index contributed by atoms with van der Waals surface area (Å²) in [7, 11) is 2.18. The Morgan fingerprint density at radius 3 is 2.70 bits per heavy atom. The van der Waals surface area contributed by atoms with Gasteiger partial charge in [0.05, 0.1) is 17.6 Å². The molecule has 1 aromatic rings. The van der Waals surface area contributed by atoms with Crippen LogP contribution in [0.4, 0.5) is 5.69 Å². The number of hydrogen-bond acceptors (Lipinski definition) is 4. The SMILES string of the molecule is CCCNCc1nc(C(C)C)ncc1N(C)C1CCC1. The monoisotopic (exact) mass is 276 g/mol. The molecule has 1 aliphatic rings. The van der Waals surface area contributed by atoms with Gasteiger partial charge in [-0.15, -0.1) is 0 Å². The number of nitrogens with zero attached hydrogens (tertiary/aromatic N) is 3. The second-order valence-electron chi connectivity index (χ2n) is 6.09. The van der Waals surface area contributed by atoms with E-state index in [1.165, 1.54) is 24.9 Å². The average molecular weight is 276 g/mol. The first kappa shape index (κ1) is 15.2. The van der Waals surface area contributed by atoms with Gasteiger partial charge in [-0.2, -0.15) is 0 Å². The van der Waals surface area contributed by atoms with E-state index in [1.807, 2.05) is 6.20 Å². The van der Waals surface area contributed by atoms with Crippen LogP contribution in [0.5, 0.6) is 0 Å². The van der Waals surface area contributed by atoms with E-state index in [1.54, 1.807) is 0 Å². The van der Waals surface area contributed by atoms with E-state index < -0.39 is 0 Å². The third-order valence-corrected chi connectivity index (χ3v) is 4.10. The number of hydrogen-bond donors (Lipinski definition) is 1. The van der Waals surface area contributed by atoms with Crippen LogP contribution in [0.1, 0.15) is 63.9 Å². The van der Waals surface area contributed by atoms with Crippen LogP contribution in [-0.2, 0) is 6.54 Å². The summed E-state index contributed by atoms with van der Waals surface area (Å²) in [5, 5.41) is 3.47. The van der Waals surface area contributed by atoms with Gasteiger partial charge < -0.3 is 10.2 Å². The molecule has 0 atom stereocenters. The second kappa shape index (κ2) is 7.02. The Morgan fingerprint density at radius 2 is 2.15 bits per heavy atom. The standard InChI is InChI=1S/C16H28N4/c1-5-9-17-10-14-15(20(4)13-7-6-8-13)11-18-16(19-14)12(2)3/h11-13,17H,5-10H2,1-4H3. The lowest BCUT2D eigenvalue weighted by molar-refractivity contribution is 0.399. The highest BCUT2D eigenvalue weighted by atomic mass is 15.2. The largest absolute Gasteiger partial charge is 0.369 e. The van der Waals surface area contributed by atoms with Crippen molar-refractivity contribution in [1.29, 1.82) is 0 Å². The van der Waals surface area contributed by atoms with Gasteiger partial charge in [0.25, 0.3) is 0 Å². The van der Waals surface area contributed by atoms with Gasteiger partial charge in [0.15, 0.2) is 0 Å². The van der Waals surface area contributed by atoms with Crippen molar-refractivity contribution >= 4 is 5.69 Å². The van der Waals surface area contributed by atoms with Gasteiger partial charge in [-0.3, -0.25) is 0 Å². The first-order valence-corrected chi connectivity index (χ1v) is 7.92. The summed E-state index contributed by atoms with van der Waals surface area (Å²) in [6.07, 6.45) is 7.11. The van der Waals surface area contributed by atoms with Crippen LogP contribution in [0.15, 0.2) is 6.20 Å². The fraction of sp³-hybridized carbons (Fsp3) is 0.750. The molecule has 1 saturated carbocycles. The number of aromatic nitrogens is 2. The van der Waals surface area contributed by atoms with E-state index in [0.29, 0.717) is 12.0 Å². The summed E-state index contributed by atoms with van der Waals surface area (Å²) in [6.45, 7) is 8.35. The van der Waals surface area contributed by atoms with Crippen molar-refractivity contribution in [3.05, 3.63) is 17.7 Å². The maximum absolute atomic E-state index is 4.79. The molecule has 1 aliphatic carbocycles. The molecule has 1 aromatic heterocycles. The Labute approximate surface area is 123 Å². The molecular weight excluding hydrogens is 248 g/mol. The van der Waals surface area contributed by atoms with E-state index in [9.17, 15) is 0 Å². The van der Waals surface area contributed by atoms with Gasteiger partial charge in [-0.25, -0.2) is 9.97 Å². The minimum absolute atomic E-state index is 0.378. The minimum Gasteiger partial charge on any atom is -0.369 e. The van der Waals surface area contributed by atoms with Gasteiger partial charge in [0.1, 0.15) is 5.82 Å². The van der Waals surface area contributed by atoms with Gasteiger partial charge in [0.2, 0.25) is 0 Å². The second-order valence-corrected chi connectivity index (χ2v) is 6.09. The number of nitrogens with one attached hydrogen (secondary N) is 1. The highest BCUT2D eigenvalue weighted by Gasteiger charge is 2.24. The van der Waals surface area contributed by atoms with Crippen LogP contribution in [0.25, 0.3) is 0 Å². The molecule has 1 fully saturated rings. The van der Waals surface area contributed by atoms with Crippen LogP contribution < -0.4 is 10.2 Å². The van der Waals surface area contributed by atoms with Crippen molar-refractivity contribution in [2.45, 2.75) is 65.0 Å². The predicted molar refractivity (Wildman–Crippen MR) is 84.2 cm³/mol. The molecule has 20 heavy (non-hydrogen) atoms. The molecule has 2 rings (SSSR count). The van der Waals surface area contributed by atoms with Gasteiger partial charge in [-0.05, 0) is 32.2 Å². The Balaban J connectivity index is 2.18. The lowest BCUT2D eigenvalue weighted by Crippen LogP contribution is -2.38. The van der Waals surface area contributed by atoms with Gasteiger partial charge >= 0.3 is 0 Å². The maximum atomic E-state index is 4.79. The summed E-state index contributed by atoms with van der Waals surface area (Å²) >= 11 is 0. The molecule has 0 unspecified atom stereocenters. The molecule has 4 nitrogen and oxygen atoms in total. The van der Waals surface area contributed by atoms with Crippen LogP contribution in [0.3, 0.4) is 0 Å².